The molecule has 0 saturated heterocycles. The zero-order valence-electron chi connectivity index (χ0n) is 13.2. The number of benzene rings is 1. The van der Waals surface area contributed by atoms with E-state index in [1.54, 1.807) is 6.07 Å². The average Bonchev–Trinajstić information content (AvgIpc) is 2.41. The van der Waals surface area contributed by atoms with Crippen LogP contribution in [0.3, 0.4) is 0 Å². The molecule has 0 unspecified atom stereocenters. The number of halogens is 3. The summed E-state index contributed by atoms with van der Waals surface area (Å²) in [6, 6.07) is 4.98. The summed E-state index contributed by atoms with van der Waals surface area (Å²) in [5.41, 5.74) is 1.14. The van der Waals surface area contributed by atoms with Crippen LogP contribution in [0.15, 0.2) is 18.2 Å². The van der Waals surface area contributed by atoms with Crippen molar-refractivity contribution in [3.8, 4) is 0 Å². The highest BCUT2D eigenvalue weighted by Gasteiger charge is 2.38. The summed E-state index contributed by atoms with van der Waals surface area (Å²) in [5, 5.41) is 0.451. The minimum absolute atomic E-state index is 0.0397. The van der Waals surface area contributed by atoms with Gasteiger partial charge in [0.15, 0.2) is 0 Å². The quantitative estimate of drug-likeness (QED) is 0.556. The third-order valence-electron chi connectivity index (χ3n) is 5.14. The summed E-state index contributed by atoms with van der Waals surface area (Å²) in [6.07, 6.45) is 5.26. The molecule has 0 aromatic heterocycles. The van der Waals surface area contributed by atoms with Gasteiger partial charge in [0.2, 0.25) is 0 Å². The van der Waals surface area contributed by atoms with Crippen LogP contribution >= 0.6 is 23.2 Å². The van der Waals surface area contributed by atoms with E-state index >= 15 is 0 Å². The lowest BCUT2D eigenvalue weighted by Crippen LogP contribution is -2.35. The first-order chi connectivity index (χ1) is 9.76. The van der Waals surface area contributed by atoms with Gasteiger partial charge in [-0.15, -0.1) is 11.6 Å². The molecule has 2 rings (SSSR count). The highest BCUT2D eigenvalue weighted by Crippen LogP contribution is 2.47. The van der Waals surface area contributed by atoms with E-state index in [0.717, 1.165) is 30.7 Å². The molecule has 21 heavy (non-hydrogen) atoms. The summed E-state index contributed by atoms with van der Waals surface area (Å²) in [6.45, 7) is 6.93. The summed E-state index contributed by atoms with van der Waals surface area (Å²) in [4.78, 5) is 0. The predicted molar refractivity (Wildman–Crippen MR) is 89.7 cm³/mol. The van der Waals surface area contributed by atoms with Crippen molar-refractivity contribution >= 4 is 23.2 Å². The van der Waals surface area contributed by atoms with Gasteiger partial charge in [-0.05, 0) is 66.5 Å². The average molecular weight is 331 g/mol. The van der Waals surface area contributed by atoms with Gasteiger partial charge in [-0.2, -0.15) is 0 Å². The van der Waals surface area contributed by atoms with E-state index in [9.17, 15) is 4.39 Å². The third kappa shape index (κ3) is 4.13. The Kier molecular flexibility index (Phi) is 5.26. The van der Waals surface area contributed by atoms with Crippen LogP contribution in [0.2, 0.25) is 5.02 Å². The van der Waals surface area contributed by atoms with Crippen LogP contribution in [0.5, 0.6) is 0 Å². The molecule has 0 spiro atoms. The van der Waals surface area contributed by atoms with Gasteiger partial charge in [0.05, 0.1) is 0 Å². The van der Waals surface area contributed by atoms with E-state index in [4.69, 9.17) is 23.2 Å². The van der Waals surface area contributed by atoms with Gasteiger partial charge >= 0.3 is 0 Å². The zero-order valence-corrected chi connectivity index (χ0v) is 14.7. The van der Waals surface area contributed by atoms with Crippen molar-refractivity contribution in [1.82, 2.24) is 0 Å². The first kappa shape index (κ1) is 17.1. The number of hydrogen-bond acceptors (Lipinski definition) is 0. The second-order valence-electron chi connectivity index (χ2n) is 7.69. The van der Waals surface area contributed by atoms with Crippen LogP contribution in [-0.4, -0.2) is 5.88 Å². The molecule has 1 fully saturated rings. The molecule has 1 saturated carbocycles. The molecule has 1 aromatic carbocycles. The second-order valence-corrected chi connectivity index (χ2v) is 8.39. The van der Waals surface area contributed by atoms with Crippen molar-refractivity contribution in [2.45, 2.75) is 52.9 Å². The molecular weight excluding hydrogens is 306 g/mol. The van der Waals surface area contributed by atoms with Gasteiger partial charge in [0, 0.05) is 10.9 Å². The lowest BCUT2D eigenvalue weighted by atomic mass is 9.63. The van der Waals surface area contributed by atoms with Crippen LogP contribution in [-0.2, 0) is 6.42 Å². The van der Waals surface area contributed by atoms with E-state index in [-0.39, 0.29) is 11.2 Å². The molecule has 0 aliphatic heterocycles. The molecule has 1 aromatic rings. The van der Waals surface area contributed by atoms with Crippen molar-refractivity contribution in [3.63, 3.8) is 0 Å². The summed E-state index contributed by atoms with van der Waals surface area (Å²) in [5.74, 6) is 1.14. The highest BCUT2D eigenvalue weighted by atomic mass is 35.5. The Morgan fingerprint density at radius 1 is 1.24 bits per heavy atom. The molecule has 0 N–H and O–H groups in total. The number of alkyl halides is 1. The Bertz CT molecular complexity index is 482. The van der Waals surface area contributed by atoms with Crippen molar-refractivity contribution in [2.24, 2.45) is 16.7 Å². The minimum Gasteiger partial charge on any atom is -0.207 e. The minimum atomic E-state index is -0.204. The van der Waals surface area contributed by atoms with Crippen molar-refractivity contribution < 1.29 is 4.39 Å². The fraction of sp³-hybridized carbons (Fsp3) is 0.667. The fourth-order valence-corrected chi connectivity index (χ4v) is 4.04. The van der Waals surface area contributed by atoms with Crippen LogP contribution in [0.4, 0.5) is 4.39 Å². The molecule has 1 aliphatic carbocycles. The molecule has 1 aliphatic rings. The maximum atomic E-state index is 14.1. The van der Waals surface area contributed by atoms with Gasteiger partial charge < -0.3 is 0 Å². The Balaban J connectivity index is 2.10. The van der Waals surface area contributed by atoms with E-state index in [1.807, 2.05) is 6.07 Å². The SMILES string of the molecule is CC(C)(C)C1CCC(CCl)(Cc2ccc(Cl)cc2F)CC1. The van der Waals surface area contributed by atoms with Gasteiger partial charge in [-0.3, -0.25) is 0 Å². The molecule has 3 heteroatoms. The fourth-order valence-electron chi connectivity index (χ4n) is 3.52. The smallest absolute Gasteiger partial charge is 0.127 e. The van der Waals surface area contributed by atoms with Gasteiger partial charge in [-0.1, -0.05) is 38.4 Å². The molecule has 0 radical (unpaired) electrons. The third-order valence-corrected chi connectivity index (χ3v) is 5.94. The van der Waals surface area contributed by atoms with Gasteiger partial charge in [0.1, 0.15) is 5.82 Å². The monoisotopic (exact) mass is 330 g/mol. The maximum absolute atomic E-state index is 14.1. The van der Waals surface area contributed by atoms with E-state index < -0.39 is 0 Å². The first-order valence-corrected chi connectivity index (χ1v) is 8.67. The lowest BCUT2D eigenvalue weighted by molar-refractivity contribution is 0.101. The standard InChI is InChI=1S/C18H25Cl2F/c1-17(2,3)14-6-8-18(12-19,9-7-14)11-13-4-5-15(20)10-16(13)21/h4-5,10,14H,6-9,11-12H2,1-3H3. The lowest BCUT2D eigenvalue weighted by Gasteiger charge is -2.43. The van der Waals surface area contributed by atoms with Crippen LogP contribution in [0, 0.1) is 22.6 Å². The predicted octanol–water partition coefficient (Wildman–Crippen LogP) is 6.48. The molecule has 0 bridgehead atoms. The highest BCUT2D eigenvalue weighted by molar-refractivity contribution is 6.30. The number of rotatable bonds is 3. The Labute approximate surface area is 138 Å². The largest absolute Gasteiger partial charge is 0.207 e. The van der Waals surface area contributed by atoms with Crippen molar-refractivity contribution in [2.75, 3.05) is 5.88 Å². The zero-order chi connectivity index (χ0) is 15.7. The Morgan fingerprint density at radius 2 is 1.86 bits per heavy atom. The molecule has 118 valence electrons. The first-order valence-electron chi connectivity index (χ1n) is 7.76. The molecule has 0 nitrogen and oxygen atoms in total. The Morgan fingerprint density at radius 3 is 2.33 bits per heavy atom. The van der Waals surface area contributed by atoms with E-state index in [0.29, 0.717) is 16.3 Å². The van der Waals surface area contributed by atoms with E-state index in [2.05, 4.69) is 20.8 Å². The van der Waals surface area contributed by atoms with Crippen LogP contribution in [0.1, 0.15) is 52.0 Å². The molecule has 0 atom stereocenters. The molecular formula is C18H25Cl2F. The topological polar surface area (TPSA) is 0 Å². The van der Waals surface area contributed by atoms with Crippen molar-refractivity contribution in [1.29, 1.82) is 0 Å². The molecule has 0 heterocycles. The van der Waals surface area contributed by atoms with Gasteiger partial charge in [0.25, 0.3) is 0 Å². The second kappa shape index (κ2) is 6.46. The molecule has 0 amide bonds. The summed E-state index contributed by atoms with van der Waals surface area (Å²) in [7, 11) is 0. The van der Waals surface area contributed by atoms with E-state index in [1.165, 1.54) is 18.9 Å². The summed E-state index contributed by atoms with van der Waals surface area (Å²) < 4.78 is 14.1. The maximum Gasteiger partial charge on any atom is 0.127 e. The van der Waals surface area contributed by atoms with Crippen LogP contribution in [0.25, 0.3) is 0 Å². The normalized spacial score (nSPS) is 26.9. The van der Waals surface area contributed by atoms with Crippen molar-refractivity contribution in [3.05, 3.63) is 34.6 Å². The van der Waals surface area contributed by atoms with Crippen LogP contribution < -0.4 is 0 Å². The Hall–Kier alpha value is -0.270. The number of hydrogen-bond donors (Lipinski definition) is 0. The van der Waals surface area contributed by atoms with Gasteiger partial charge in [-0.25, -0.2) is 4.39 Å². The summed E-state index contributed by atoms with van der Waals surface area (Å²) >= 11 is 12.1.